The maximum absolute atomic E-state index is 7.17. The molecule has 11 heavy (non-hydrogen) atoms. The average molecular weight is 443 g/mol. The molecule has 6 N–H and O–H groups in total. The predicted octanol–water partition coefficient (Wildman–Crippen LogP) is -4.11. The maximum Gasteiger partial charge on any atom is 0.631 e. The van der Waals surface area contributed by atoms with Gasteiger partial charge in [-0.15, -0.1) is 0 Å². The van der Waals surface area contributed by atoms with Gasteiger partial charge in [-0.3, -0.25) is 0 Å². The van der Waals surface area contributed by atoms with Gasteiger partial charge in [-0.2, -0.15) is 0 Å². The van der Waals surface area contributed by atoms with Crippen molar-refractivity contribution in [2.24, 2.45) is 0 Å². The van der Waals surface area contributed by atoms with Gasteiger partial charge in [0.2, 0.25) is 0 Å². The van der Waals surface area contributed by atoms with Crippen LogP contribution in [-0.2, 0) is 61.3 Å². The van der Waals surface area contributed by atoms with Crippen LogP contribution in [0.2, 0.25) is 0 Å². The fraction of sp³-hybridized carbons (Fsp3) is 0. The molecule has 0 rings (SSSR count). The van der Waals surface area contributed by atoms with Gasteiger partial charge in [0.25, 0.3) is 0 Å². The van der Waals surface area contributed by atoms with Crippen molar-refractivity contribution in [3.8, 4) is 0 Å². The van der Waals surface area contributed by atoms with Gasteiger partial charge in [-0.1, -0.05) is 0 Å². The van der Waals surface area contributed by atoms with E-state index in [9.17, 15) is 0 Å². The molecular formula is H6B2O6Pd3. The standard InChI is InChI=1S/2BH3O3.3Pd/c2*2-1(3)4;;;/h2*2-4H;;;. The van der Waals surface area contributed by atoms with Crippen LogP contribution in [0.25, 0.3) is 0 Å². The van der Waals surface area contributed by atoms with E-state index < -0.39 is 14.6 Å². The van der Waals surface area contributed by atoms with Crippen molar-refractivity contribution < 1.29 is 91.4 Å². The SMILES string of the molecule is OB(O)O.OB(O)O.[Pd].[Pd].[Pd]. The fourth-order valence-electron chi connectivity index (χ4n) is 0. The molecule has 0 amide bonds. The largest absolute Gasteiger partial charge is 0.631 e. The quantitative estimate of drug-likeness (QED) is 0.212. The molecule has 0 heterocycles. The molecule has 0 bridgehead atoms. The Balaban J connectivity index is -0.0000000171. The molecular weight excluding hydrogens is 437 g/mol. The zero-order chi connectivity index (χ0) is 7.15. The van der Waals surface area contributed by atoms with Crippen molar-refractivity contribution in [3.05, 3.63) is 0 Å². The van der Waals surface area contributed by atoms with Crippen LogP contribution in [0.5, 0.6) is 0 Å². The van der Waals surface area contributed by atoms with Crippen molar-refractivity contribution in [2.75, 3.05) is 0 Å². The first-order valence-corrected chi connectivity index (χ1v) is 1.55. The molecule has 0 aliphatic carbocycles. The third-order valence-corrected chi connectivity index (χ3v) is 0. The zero-order valence-corrected chi connectivity index (χ0v) is 9.45. The van der Waals surface area contributed by atoms with Crippen LogP contribution in [0.15, 0.2) is 0 Å². The third kappa shape index (κ3) is 329. The normalized spacial score (nSPS) is 4.91. The summed E-state index contributed by atoms with van der Waals surface area (Å²) in [4.78, 5) is 0. The molecule has 0 aliphatic rings. The first-order chi connectivity index (χ1) is 3.46. The second-order valence-corrected chi connectivity index (χ2v) is 0.693. The topological polar surface area (TPSA) is 121 Å². The molecule has 0 saturated heterocycles. The van der Waals surface area contributed by atoms with Crippen LogP contribution < -0.4 is 0 Å². The van der Waals surface area contributed by atoms with Crippen molar-refractivity contribution in [2.45, 2.75) is 0 Å². The minimum absolute atomic E-state index is 0. The third-order valence-electron chi connectivity index (χ3n) is 0. The fourth-order valence-corrected chi connectivity index (χ4v) is 0. The van der Waals surface area contributed by atoms with Gasteiger partial charge in [-0.05, 0) is 0 Å². The van der Waals surface area contributed by atoms with E-state index in [1.807, 2.05) is 0 Å². The van der Waals surface area contributed by atoms with Crippen LogP contribution in [0.4, 0.5) is 0 Å². The zero-order valence-electron chi connectivity index (χ0n) is 4.79. The molecule has 0 radical (unpaired) electrons. The van der Waals surface area contributed by atoms with Crippen molar-refractivity contribution in [1.29, 1.82) is 0 Å². The first-order valence-electron chi connectivity index (χ1n) is 1.55. The molecule has 78 valence electrons. The number of hydrogen-bond acceptors (Lipinski definition) is 6. The van der Waals surface area contributed by atoms with E-state index in [4.69, 9.17) is 30.1 Å². The van der Waals surface area contributed by atoms with Gasteiger partial charge in [0.15, 0.2) is 0 Å². The van der Waals surface area contributed by atoms with Gasteiger partial charge in [-0.25, -0.2) is 0 Å². The van der Waals surface area contributed by atoms with Crippen molar-refractivity contribution >= 4 is 14.6 Å². The van der Waals surface area contributed by atoms with Crippen LogP contribution >= 0.6 is 0 Å². The van der Waals surface area contributed by atoms with E-state index in [0.717, 1.165) is 0 Å². The van der Waals surface area contributed by atoms with Crippen molar-refractivity contribution in [1.82, 2.24) is 0 Å². The van der Waals surface area contributed by atoms with E-state index in [0.29, 0.717) is 0 Å². The summed E-state index contributed by atoms with van der Waals surface area (Å²) in [5.41, 5.74) is 0. The molecule has 0 spiro atoms. The van der Waals surface area contributed by atoms with E-state index in [1.165, 1.54) is 0 Å². The predicted molar refractivity (Wildman–Crippen MR) is 24.8 cm³/mol. The molecule has 0 aliphatic heterocycles. The van der Waals surface area contributed by atoms with E-state index >= 15 is 0 Å². The van der Waals surface area contributed by atoms with Gasteiger partial charge in [0.1, 0.15) is 0 Å². The Labute approximate surface area is 105 Å². The Kier molecular flexibility index (Phi) is 60.3. The van der Waals surface area contributed by atoms with Crippen molar-refractivity contribution in [3.63, 3.8) is 0 Å². The van der Waals surface area contributed by atoms with Gasteiger partial charge in [0, 0.05) is 61.3 Å². The minimum atomic E-state index is -2.17. The first kappa shape index (κ1) is 29.3. The molecule has 0 aromatic heterocycles. The second-order valence-electron chi connectivity index (χ2n) is 0.693. The molecule has 0 saturated carbocycles. The average Bonchev–Trinajstić information content (AvgIpc) is 1.25. The smallest absolute Gasteiger partial charge is 0.402 e. The summed E-state index contributed by atoms with van der Waals surface area (Å²) >= 11 is 0. The summed E-state index contributed by atoms with van der Waals surface area (Å²) in [5, 5.41) is 43.0. The molecule has 0 atom stereocenters. The molecule has 0 aromatic carbocycles. The number of rotatable bonds is 0. The van der Waals surface area contributed by atoms with Crippen LogP contribution in [-0.4, -0.2) is 44.8 Å². The van der Waals surface area contributed by atoms with Gasteiger partial charge in [0.05, 0.1) is 0 Å². The van der Waals surface area contributed by atoms with Gasteiger partial charge < -0.3 is 30.1 Å². The maximum atomic E-state index is 7.17. The molecule has 0 fully saturated rings. The van der Waals surface area contributed by atoms with Crippen LogP contribution in [0.1, 0.15) is 0 Å². The summed E-state index contributed by atoms with van der Waals surface area (Å²) in [6, 6.07) is 0. The summed E-state index contributed by atoms with van der Waals surface area (Å²) in [5.74, 6) is 0. The molecule has 11 heteroatoms. The summed E-state index contributed by atoms with van der Waals surface area (Å²) in [6.07, 6.45) is 0. The van der Waals surface area contributed by atoms with Gasteiger partial charge >= 0.3 is 14.6 Å². The van der Waals surface area contributed by atoms with E-state index in [-0.39, 0.29) is 61.3 Å². The summed E-state index contributed by atoms with van der Waals surface area (Å²) in [6.45, 7) is 0. The monoisotopic (exact) mass is 442 g/mol. The van der Waals surface area contributed by atoms with Crippen LogP contribution in [0, 0.1) is 0 Å². The Morgan fingerprint density at radius 1 is 0.455 bits per heavy atom. The molecule has 0 aromatic rings. The minimum Gasteiger partial charge on any atom is -0.402 e. The summed E-state index contributed by atoms with van der Waals surface area (Å²) in [7, 11) is -4.33. The Hall–Kier alpha value is 1.88. The summed E-state index contributed by atoms with van der Waals surface area (Å²) < 4.78 is 0. The Bertz CT molecular complexity index is 31.3. The Morgan fingerprint density at radius 2 is 0.455 bits per heavy atom. The van der Waals surface area contributed by atoms with E-state index in [1.54, 1.807) is 0 Å². The van der Waals surface area contributed by atoms with Crippen LogP contribution in [0.3, 0.4) is 0 Å². The Morgan fingerprint density at radius 3 is 0.455 bits per heavy atom. The van der Waals surface area contributed by atoms with E-state index in [2.05, 4.69) is 0 Å². The number of hydrogen-bond donors (Lipinski definition) is 6. The second kappa shape index (κ2) is 22.6. The molecule has 6 nitrogen and oxygen atoms in total. The molecule has 0 unspecified atom stereocenters.